The van der Waals surface area contributed by atoms with Crippen LogP contribution in [0.3, 0.4) is 0 Å². The highest BCUT2D eigenvalue weighted by atomic mass is 35.5. The largest absolute Gasteiger partial charge is 0.229 e. The smallest absolute Gasteiger partial charge is 0.150 e. The summed E-state index contributed by atoms with van der Waals surface area (Å²) in [6.07, 6.45) is 0.606. The van der Waals surface area contributed by atoms with E-state index in [1.54, 1.807) is 6.92 Å². The SMILES string of the molecule is CCS(=O)(=O)C[C@@H]1CC1(Cl)Cl. The van der Waals surface area contributed by atoms with Crippen LogP contribution in [0.25, 0.3) is 0 Å². The van der Waals surface area contributed by atoms with Gasteiger partial charge in [-0.3, -0.25) is 0 Å². The van der Waals surface area contributed by atoms with Crippen LogP contribution in [0.4, 0.5) is 0 Å². The number of hydrogen-bond acceptors (Lipinski definition) is 2. The Morgan fingerprint density at radius 3 is 2.27 bits per heavy atom. The Hall–Kier alpha value is 0.530. The molecule has 0 heterocycles. The summed E-state index contributed by atoms with van der Waals surface area (Å²) >= 11 is 11.3. The van der Waals surface area contributed by atoms with Gasteiger partial charge in [0.25, 0.3) is 0 Å². The number of halogens is 2. The van der Waals surface area contributed by atoms with E-state index in [1.165, 1.54) is 0 Å². The normalized spacial score (nSPS) is 28.5. The number of sulfone groups is 1. The van der Waals surface area contributed by atoms with Crippen molar-refractivity contribution >= 4 is 33.0 Å². The molecule has 1 aliphatic rings. The molecule has 0 amide bonds. The first-order chi connectivity index (χ1) is 4.87. The second-order valence-corrected chi connectivity index (χ2v) is 6.80. The third-order valence-electron chi connectivity index (χ3n) is 1.85. The van der Waals surface area contributed by atoms with E-state index in [9.17, 15) is 8.42 Å². The van der Waals surface area contributed by atoms with Crippen LogP contribution in [0.5, 0.6) is 0 Å². The van der Waals surface area contributed by atoms with E-state index >= 15 is 0 Å². The second-order valence-electron chi connectivity index (χ2n) is 2.86. The summed E-state index contributed by atoms with van der Waals surface area (Å²) in [5.41, 5.74) is 0. The predicted molar refractivity (Wildman–Crippen MR) is 46.9 cm³/mol. The van der Waals surface area contributed by atoms with Gasteiger partial charge in [0.05, 0.1) is 5.75 Å². The monoisotopic (exact) mass is 216 g/mol. The molecule has 5 heteroatoms. The van der Waals surface area contributed by atoms with Crippen molar-refractivity contribution in [2.24, 2.45) is 5.92 Å². The lowest BCUT2D eigenvalue weighted by Gasteiger charge is -1.99. The van der Waals surface area contributed by atoms with E-state index < -0.39 is 14.2 Å². The van der Waals surface area contributed by atoms with Crippen molar-refractivity contribution in [3.05, 3.63) is 0 Å². The number of rotatable bonds is 3. The Labute approximate surface area is 76.8 Å². The molecule has 0 aromatic heterocycles. The zero-order chi connectivity index (χ0) is 8.70. The fraction of sp³-hybridized carbons (Fsp3) is 1.00. The van der Waals surface area contributed by atoms with E-state index in [0.717, 1.165) is 0 Å². The molecule has 0 spiro atoms. The Balaban J connectivity index is 2.47. The molecule has 0 saturated heterocycles. The maximum Gasteiger partial charge on any atom is 0.150 e. The van der Waals surface area contributed by atoms with Gasteiger partial charge in [0.1, 0.15) is 14.2 Å². The maximum atomic E-state index is 11.0. The minimum absolute atomic E-state index is 0.0456. The zero-order valence-electron chi connectivity index (χ0n) is 6.18. The van der Waals surface area contributed by atoms with Crippen LogP contribution >= 0.6 is 23.2 Å². The van der Waals surface area contributed by atoms with Crippen LogP contribution in [0.2, 0.25) is 0 Å². The van der Waals surface area contributed by atoms with Crippen molar-refractivity contribution in [1.29, 1.82) is 0 Å². The topological polar surface area (TPSA) is 34.1 Å². The average Bonchev–Trinajstić information content (AvgIpc) is 2.39. The van der Waals surface area contributed by atoms with Gasteiger partial charge < -0.3 is 0 Å². The number of hydrogen-bond donors (Lipinski definition) is 0. The van der Waals surface area contributed by atoms with E-state index in [2.05, 4.69) is 0 Å². The van der Waals surface area contributed by atoms with Gasteiger partial charge in [-0.25, -0.2) is 8.42 Å². The Bertz CT molecular complexity index is 245. The molecule has 1 aliphatic carbocycles. The van der Waals surface area contributed by atoms with Gasteiger partial charge in [-0.2, -0.15) is 0 Å². The average molecular weight is 217 g/mol. The fourth-order valence-corrected chi connectivity index (χ4v) is 2.84. The second kappa shape index (κ2) is 2.79. The molecule has 0 aromatic rings. The van der Waals surface area contributed by atoms with Gasteiger partial charge in [0.2, 0.25) is 0 Å². The Morgan fingerprint density at radius 2 is 2.00 bits per heavy atom. The molecule has 0 radical (unpaired) electrons. The molecule has 0 N–H and O–H groups in total. The minimum atomic E-state index is -2.90. The van der Waals surface area contributed by atoms with E-state index in [4.69, 9.17) is 23.2 Å². The van der Waals surface area contributed by atoms with Crippen LogP contribution in [-0.4, -0.2) is 24.3 Å². The molecular formula is C6H10Cl2O2S. The van der Waals surface area contributed by atoms with Gasteiger partial charge in [0, 0.05) is 11.7 Å². The molecule has 66 valence electrons. The molecular weight excluding hydrogens is 207 g/mol. The molecule has 1 fully saturated rings. The van der Waals surface area contributed by atoms with Crippen LogP contribution in [0.1, 0.15) is 13.3 Å². The molecule has 1 atom stereocenters. The van der Waals surface area contributed by atoms with Crippen molar-refractivity contribution in [2.45, 2.75) is 17.7 Å². The van der Waals surface area contributed by atoms with Crippen LogP contribution in [-0.2, 0) is 9.84 Å². The minimum Gasteiger partial charge on any atom is -0.229 e. The maximum absolute atomic E-state index is 11.0. The van der Waals surface area contributed by atoms with E-state index in [1.807, 2.05) is 0 Å². The van der Waals surface area contributed by atoms with Crippen molar-refractivity contribution in [3.63, 3.8) is 0 Å². The predicted octanol–water partition coefficient (Wildman–Crippen LogP) is 1.61. The van der Waals surface area contributed by atoms with Gasteiger partial charge in [-0.05, 0) is 6.42 Å². The third kappa shape index (κ3) is 2.49. The zero-order valence-corrected chi connectivity index (χ0v) is 8.51. The summed E-state index contributed by atoms with van der Waals surface area (Å²) in [5.74, 6) is 0.264. The molecule has 1 rings (SSSR count). The highest BCUT2D eigenvalue weighted by Gasteiger charge is 2.52. The highest BCUT2D eigenvalue weighted by molar-refractivity contribution is 7.91. The van der Waals surface area contributed by atoms with Crippen molar-refractivity contribution in [3.8, 4) is 0 Å². The van der Waals surface area contributed by atoms with Crippen LogP contribution < -0.4 is 0 Å². The molecule has 1 saturated carbocycles. The lowest BCUT2D eigenvalue weighted by molar-refractivity contribution is 0.593. The van der Waals surface area contributed by atoms with Crippen LogP contribution in [0, 0.1) is 5.92 Å². The Morgan fingerprint density at radius 1 is 1.55 bits per heavy atom. The van der Waals surface area contributed by atoms with Crippen molar-refractivity contribution in [1.82, 2.24) is 0 Å². The lowest BCUT2D eigenvalue weighted by atomic mass is 10.5. The molecule has 0 bridgehead atoms. The van der Waals surface area contributed by atoms with Gasteiger partial charge in [-0.1, -0.05) is 6.92 Å². The third-order valence-corrected chi connectivity index (χ3v) is 4.57. The van der Waals surface area contributed by atoms with Gasteiger partial charge >= 0.3 is 0 Å². The summed E-state index contributed by atoms with van der Waals surface area (Å²) in [7, 11) is -2.90. The highest BCUT2D eigenvalue weighted by Crippen LogP contribution is 2.53. The van der Waals surface area contributed by atoms with Gasteiger partial charge in [0.15, 0.2) is 0 Å². The molecule has 0 aliphatic heterocycles. The quantitative estimate of drug-likeness (QED) is 0.673. The van der Waals surface area contributed by atoms with Crippen molar-refractivity contribution in [2.75, 3.05) is 11.5 Å². The standard InChI is InChI=1S/C6H10Cl2O2S/c1-2-11(9,10)4-5-3-6(5,7)8/h5H,2-4H2,1H3/t5-/m0/s1. The summed E-state index contributed by atoms with van der Waals surface area (Å²) < 4.78 is 21.3. The first kappa shape index (κ1) is 9.62. The van der Waals surface area contributed by atoms with Gasteiger partial charge in [-0.15, -0.1) is 23.2 Å². The molecule has 0 unspecified atom stereocenters. The number of alkyl halides is 2. The summed E-state index contributed by atoms with van der Waals surface area (Å²) in [5, 5.41) is 0. The fourth-order valence-electron chi connectivity index (χ4n) is 0.875. The summed E-state index contributed by atoms with van der Waals surface area (Å²) in [4.78, 5) is 0. The lowest BCUT2D eigenvalue weighted by Crippen LogP contribution is -2.12. The Kier molecular flexibility index (Phi) is 2.43. The summed E-state index contributed by atoms with van der Waals surface area (Å²) in [6, 6.07) is 0. The van der Waals surface area contributed by atoms with Crippen LogP contribution in [0.15, 0.2) is 0 Å². The first-order valence-corrected chi connectivity index (χ1v) is 6.03. The molecule has 2 nitrogen and oxygen atoms in total. The van der Waals surface area contributed by atoms with Crippen molar-refractivity contribution < 1.29 is 8.42 Å². The molecule has 11 heavy (non-hydrogen) atoms. The van der Waals surface area contributed by atoms with E-state index in [-0.39, 0.29) is 17.4 Å². The van der Waals surface area contributed by atoms with E-state index in [0.29, 0.717) is 6.42 Å². The first-order valence-electron chi connectivity index (χ1n) is 3.45. The summed E-state index contributed by atoms with van der Waals surface area (Å²) in [6.45, 7) is 1.63. The molecule has 0 aromatic carbocycles.